The standard InChI is InChI=1S/C27H35N5O5/c1-16-7-12-22(19-8-10-20(11-9-19)29-18(3)33)32(15-16)25(35)24(34)30-21-13-17(2)23(28-14-21)31-26(36)37-27(4,5)6/h8-11,13-14,16,22H,7,12,15H2,1-6H3,(H,29,33)(H,30,34)(H,28,31,36)/t16-,22+/m1/s1. The molecule has 4 amide bonds. The number of nitrogens with zero attached hydrogens (tertiary/aromatic N) is 2. The van der Waals surface area contributed by atoms with Crippen molar-refractivity contribution in [3.8, 4) is 0 Å². The average Bonchev–Trinajstić information content (AvgIpc) is 2.79. The average molecular weight is 510 g/mol. The Hall–Kier alpha value is -3.95. The molecule has 0 radical (unpaired) electrons. The fourth-order valence-corrected chi connectivity index (χ4v) is 4.20. The number of likely N-dealkylation sites (tertiary alicyclic amines) is 1. The summed E-state index contributed by atoms with van der Waals surface area (Å²) in [6.45, 7) is 11.0. The molecular formula is C27H35N5O5. The van der Waals surface area contributed by atoms with Crippen LogP contribution in [0.5, 0.6) is 0 Å². The summed E-state index contributed by atoms with van der Waals surface area (Å²) in [5.41, 5.74) is 1.86. The van der Waals surface area contributed by atoms with Crippen molar-refractivity contribution in [2.45, 2.75) is 66.0 Å². The Labute approximate surface area is 217 Å². The summed E-state index contributed by atoms with van der Waals surface area (Å²) in [6, 6.07) is 8.70. The van der Waals surface area contributed by atoms with E-state index in [9.17, 15) is 19.2 Å². The third kappa shape index (κ3) is 7.77. The number of aryl methyl sites for hydroxylation is 1. The smallest absolute Gasteiger partial charge is 0.413 e. The number of amides is 4. The van der Waals surface area contributed by atoms with Crippen molar-refractivity contribution in [3.63, 3.8) is 0 Å². The molecule has 1 aromatic heterocycles. The molecule has 3 N–H and O–H groups in total. The second-order valence-electron chi connectivity index (χ2n) is 10.4. The van der Waals surface area contributed by atoms with Gasteiger partial charge in [-0.1, -0.05) is 19.1 Å². The van der Waals surface area contributed by atoms with E-state index in [-0.39, 0.29) is 17.9 Å². The number of aromatic nitrogens is 1. The van der Waals surface area contributed by atoms with E-state index in [0.717, 1.165) is 18.4 Å². The molecule has 10 heteroatoms. The molecule has 0 saturated carbocycles. The van der Waals surface area contributed by atoms with Crippen LogP contribution in [0, 0.1) is 12.8 Å². The Morgan fingerprint density at radius 3 is 2.27 bits per heavy atom. The highest BCUT2D eigenvalue weighted by Crippen LogP contribution is 2.34. The minimum Gasteiger partial charge on any atom is -0.444 e. The lowest BCUT2D eigenvalue weighted by Gasteiger charge is -2.38. The highest BCUT2D eigenvalue weighted by Gasteiger charge is 2.34. The molecular weight excluding hydrogens is 474 g/mol. The Morgan fingerprint density at radius 1 is 1.00 bits per heavy atom. The lowest BCUT2D eigenvalue weighted by molar-refractivity contribution is -0.146. The van der Waals surface area contributed by atoms with Crippen molar-refractivity contribution >= 4 is 41.0 Å². The van der Waals surface area contributed by atoms with Crippen LogP contribution < -0.4 is 16.0 Å². The number of anilines is 3. The summed E-state index contributed by atoms with van der Waals surface area (Å²) >= 11 is 0. The number of benzene rings is 1. The third-order valence-electron chi connectivity index (χ3n) is 5.84. The zero-order valence-corrected chi connectivity index (χ0v) is 22.2. The van der Waals surface area contributed by atoms with E-state index in [0.29, 0.717) is 29.3 Å². The summed E-state index contributed by atoms with van der Waals surface area (Å²) in [7, 11) is 0. The highest BCUT2D eigenvalue weighted by atomic mass is 16.6. The van der Waals surface area contributed by atoms with Gasteiger partial charge in [0.25, 0.3) is 0 Å². The van der Waals surface area contributed by atoms with Crippen LogP contribution in [-0.2, 0) is 19.1 Å². The van der Waals surface area contributed by atoms with Crippen molar-refractivity contribution in [1.29, 1.82) is 0 Å². The maximum atomic E-state index is 13.2. The van der Waals surface area contributed by atoms with Crippen LogP contribution in [0.2, 0.25) is 0 Å². The summed E-state index contributed by atoms with van der Waals surface area (Å²) < 4.78 is 5.24. The number of hydrogen-bond donors (Lipinski definition) is 3. The van der Waals surface area contributed by atoms with Gasteiger partial charge in [0.2, 0.25) is 5.91 Å². The number of hydrogen-bond acceptors (Lipinski definition) is 6. The van der Waals surface area contributed by atoms with Gasteiger partial charge in [0.15, 0.2) is 0 Å². The first-order valence-electron chi connectivity index (χ1n) is 12.3. The van der Waals surface area contributed by atoms with E-state index in [4.69, 9.17) is 4.74 Å². The highest BCUT2D eigenvalue weighted by molar-refractivity contribution is 6.39. The van der Waals surface area contributed by atoms with Crippen molar-refractivity contribution in [1.82, 2.24) is 9.88 Å². The molecule has 10 nitrogen and oxygen atoms in total. The van der Waals surface area contributed by atoms with Gasteiger partial charge >= 0.3 is 17.9 Å². The van der Waals surface area contributed by atoms with Gasteiger partial charge in [0.05, 0.1) is 17.9 Å². The predicted octanol–water partition coefficient (Wildman–Crippen LogP) is 4.63. The van der Waals surface area contributed by atoms with Gasteiger partial charge in [-0.2, -0.15) is 0 Å². The van der Waals surface area contributed by atoms with E-state index >= 15 is 0 Å². The van der Waals surface area contributed by atoms with E-state index in [1.165, 1.54) is 13.1 Å². The monoisotopic (exact) mass is 509 g/mol. The number of nitrogens with one attached hydrogen (secondary N) is 3. The van der Waals surface area contributed by atoms with Crippen LogP contribution in [0.1, 0.15) is 64.6 Å². The normalized spacial score (nSPS) is 17.5. The molecule has 37 heavy (non-hydrogen) atoms. The number of rotatable bonds is 4. The number of carbonyl (C=O) groups excluding carboxylic acids is 4. The van der Waals surface area contributed by atoms with E-state index in [1.54, 1.807) is 50.8 Å². The second-order valence-corrected chi connectivity index (χ2v) is 10.4. The Kier molecular flexibility index (Phi) is 8.52. The zero-order chi connectivity index (χ0) is 27.3. The maximum Gasteiger partial charge on any atom is 0.413 e. The molecule has 2 heterocycles. The van der Waals surface area contributed by atoms with Crippen molar-refractivity contribution in [2.24, 2.45) is 5.92 Å². The van der Waals surface area contributed by atoms with Crippen LogP contribution >= 0.6 is 0 Å². The molecule has 2 aromatic rings. The van der Waals surface area contributed by atoms with Crippen molar-refractivity contribution in [2.75, 3.05) is 22.5 Å². The Balaban J connectivity index is 1.70. The summed E-state index contributed by atoms with van der Waals surface area (Å²) in [4.78, 5) is 55.3. The number of piperidine rings is 1. The van der Waals surface area contributed by atoms with Gasteiger partial charge in [0.1, 0.15) is 11.4 Å². The zero-order valence-electron chi connectivity index (χ0n) is 22.2. The van der Waals surface area contributed by atoms with E-state index in [2.05, 4.69) is 27.9 Å². The number of ether oxygens (including phenoxy) is 1. The molecule has 0 bridgehead atoms. The van der Waals surface area contributed by atoms with Gasteiger partial charge in [-0.15, -0.1) is 0 Å². The largest absolute Gasteiger partial charge is 0.444 e. The van der Waals surface area contributed by atoms with Crippen LogP contribution in [0.3, 0.4) is 0 Å². The number of carbonyl (C=O) groups is 4. The fourth-order valence-electron chi connectivity index (χ4n) is 4.20. The third-order valence-corrected chi connectivity index (χ3v) is 5.84. The summed E-state index contributed by atoms with van der Waals surface area (Å²) in [5.74, 6) is -0.995. The molecule has 0 aliphatic carbocycles. The molecule has 0 spiro atoms. The first-order chi connectivity index (χ1) is 17.3. The van der Waals surface area contributed by atoms with Gasteiger partial charge in [0, 0.05) is 19.2 Å². The topological polar surface area (TPSA) is 130 Å². The first-order valence-corrected chi connectivity index (χ1v) is 12.3. The fraction of sp³-hybridized carbons (Fsp3) is 0.444. The van der Waals surface area contributed by atoms with Gasteiger partial charge in [-0.3, -0.25) is 19.7 Å². The SMILES string of the molecule is CC(=O)Nc1ccc([C@@H]2CC[C@@H](C)CN2C(=O)C(=O)Nc2cnc(NC(=O)OC(C)(C)C)c(C)c2)cc1. The van der Waals surface area contributed by atoms with Gasteiger partial charge < -0.3 is 20.3 Å². The maximum absolute atomic E-state index is 13.2. The number of pyridine rings is 1. The lowest BCUT2D eigenvalue weighted by atomic mass is 9.89. The molecule has 1 aliphatic rings. The minimum atomic E-state index is -0.761. The lowest BCUT2D eigenvalue weighted by Crippen LogP contribution is -2.46. The predicted molar refractivity (Wildman–Crippen MR) is 141 cm³/mol. The minimum absolute atomic E-state index is 0.161. The first kappa shape index (κ1) is 27.6. The van der Waals surface area contributed by atoms with Crippen LogP contribution in [-0.4, -0.2) is 45.8 Å². The Morgan fingerprint density at radius 2 is 1.68 bits per heavy atom. The van der Waals surface area contributed by atoms with Crippen LogP contribution in [0.4, 0.5) is 22.0 Å². The molecule has 198 valence electrons. The quantitative estimate of drug-likeness (QED) is 0.515. The molecule has 1 fully saturated rings. The van der Waals surface area contributed by atoms with Crippen molar-refractivity contribution < 1.29 is 23.9 Å². The van der Waals surface area contributed by atoms with Gasteiger partial charge in [-0.05, 0) is 75.8 Å². The molecule has 1 aliphatic heterocycles. The molecule has 0 unspecified atom stereocenters. The summed E-state index contributed by atoms with van der Waals surface area (Å²) in [5, 5.41) is 7.94. The van der Waals surface area contributed by atoms with E-state index < -0.39 is 23.5 Å². The molecule has 2 atom stereocenters. The molecule has 3 rings (SSSR count). The Bertz CT molecular complexity index is 1170. The molecule has 1 aromatic carbocycles. The molecule has 1 saturated heterocycles. The van der Waals surface area contributed by atoms with Crippen LogP contribution in [0.25, 0.3) is 0 Å². The van der Waals surface area contributed by atoms with E-state index in [1.807, 2.05) is 12.1 Å². The van der Waals surface area contributed by atoms with Gasteiger partial charge in [-0.25, -0.2) is 9.78 Å². The second kappa shape index (κ2) is 11.4. The van der Waals surface area contributed by atoms with Crippen LogP contribution in [0.15, 0.2) is 36.5 Å². The summed E-state index contributed by atoms with van der Waals surface area (Å²) in [6.07, 6.45) is 2.40. The van der Waals surface area contributed by atoms with Crippen molar-refractivity contribution in [3.05, 3.63) is 47.7 Å².